The van der Waals surface area contributed by atoms with E-state index in [9.17, 15) is 9.59 Å². The van der Waals surface area contributed by atoms with E-state index < -0.39 is 5.91 Å². The summed E-state index contributed by atoms with van der Waals surface area (Å²) >= 11 is 5.83. The molecule has 1 fully saturated rings. The minimum Gasteiger partial charge on any atom is -0.350 e. The molecular formula is C20H23ClN4O2. The molecule has 6 nitrogen and oxygen atoms in total. The number of halogens is 1. The Morgan fingerprint density at radius 3 is 2.44 bits per heavy atom. The fourth-order valence-corrected chi connectivity index (χ4v) is 3.16. The second-order valence-corrected chi connectivity index (χ2v) is 7.05. The zero-order chi connectivity index (χ0) is 19.1. The van der Waals surface area contributed by atoms with Crippen molar-refractivity contribution in [3.05, 3.63) is 64.4 Å². The van der Waals surface area contributed by atoms with E-state index in [1.807, 2.05) is 12.1 Å². The number of likely N-dealkylation sites (tertiary alicyclic amines) is 1. The van der Waals surface area contributed by atoms with E-state index in [2.05, 4.69) is 32.7 Å². The van der Waals surface area contributed by atoms with E-state index in [0.29, 0.717) is 11.6 Å². The summed E-state index contributed by atoms with van der Waals surface area (Å²) in [5, 5.41) is 5.76. The molecule has 0 saturated carbocycles. The van der Waals surface area contributed by atoms with Crippen LogP contribution in [0.3, 0.4) is 0 Å². The van der Waals surface area contributed by atoms with Crippen LogP contribution in [0.4, 0.5) is 0 Å². The lowest BCUT2D eigenvalue weighted by molar-refractivity contribution is -0.120. The molecule has 0 radical (unpaired) electrons. The molecule has 0 bridgehead atoms. The molecule has 0 aliphatic carbocycles. The highest BCUT2D eigenvalue weighted by Crippen LogP contribution is 2.13. The summed E-state index contributed by atoms with van der Waals surface area (Å²) in [6, 6.07) is 11.3. The third-order valence-corrected chi connectivity index (χ3v) is 4.72. The Hall–Kier alpha value is -2.44. The Labute approximate surface area is 163 Å². The Morgan fingerprint density at radius 2 is 1.74 bits per heavy atom. The summed E-state index contributed by atoms with van der Waals surface area (Å²) in [5.74, 6) is -0.689. The van der Waals surface area contributed by atoms with Crippen molar-refractivity contribution in [1.29, 1.82) is 0 Å². The first-order chi connectivity index (χ1) is 13.1. The maximum absolute atomic E-state index is 11.9. The van der Waals surface area contributed by atoms with Crippen molar-refractivity contribution >= 4 is 23.4 Å². The van der Waals surface area contributed by atoms with Gasteiger partial charge in [0, 0.05) is 24.3 Å². The van der Waals surface area contributed by atoms with Gasteiger partial charge in [-0.05, 0) is 49.2 Å². The number of pyridine rings is 1. The minimum absolute atomic E-state index is 0.111. The van der Waals surface area contributed by atoms with Gasteiger partial charge in [-0.3, -0.25) is 19.5 Å². The predicted octanol–water partition coefficient (Wildman–Crippen LogP) is 2.38. The highest BCUT2D eigenvalue weighted by molar-refractivity contribution is 6.30. The first kappa shape index (κ1) is 19.3. The Bertz CT molecular complexity index is 789. The van der Waals surface area contributed by atoms with Crippen molar-refractivity contribution in [2.75, 3.05) is 19.6 Å². The van der Waals surface area contributed by atoms with E-state index in [1.165, 1.54) is 43.8 Å². The summed E-state index contributed by atoms with van der Waals surface area (Å²) in [6.07, 6.45) is 4.02. The quantitative estimate of drug-likeness (QED) is 0.766. The lowest BCUT2D eigenvalue weighted by Gasteiger charge is -2.14. The topological polar surface area (TPSA) is 74.3 Å². The van der Waals surface area contributed by atoms with Crippen LogP contribution in [0, 0.1) is 0 Å². The Kier molecular flexibility index (Phi) is 6.79. The zero-order valence-corrected chi connectivity index (χ0v) is 15.8. The SMILES string of the molecule is O=C(CNC(=O)c1cc(Cl)ccn1)NCc1ccc(CN2CCCC2)cc1. The summed E-state index contributed by atoms with van der Waals surface area (Å²) in [5.41, 5.74) is 2.49. The monoisotopic (exact) mass is 386 g/mol. The standard InChI is InChI=1S/C20H23ClN4O2/c21-17-7-8-22-18(11-17)20(27)24-13-19(26)23-12-15-3-5-16(6-4-15)14-25-9-1-2-10-25/h3-8,11H,1-2,9-10,12-14H2,(H,23,26)(H,24,27). The summed E-state index contributed by atoms with van der Waals surface area (Å²) < 4.78 is 0. The van der Waals surface area contributed by atoms with Crippen LogP contribution in [0.1, 0.15) is 34.5 Å². The number of carbonyl (C=O) groups is 2. The van der Waals surface area contributed by atoms with Crippen LogP contribution in [-0.4, -0.2) is 41.3 Å². The molecule has 2 N–H and O–H groups in total. The van der Waals surface area contributed by atoms with Crippen LogP contribution in [-0.2, 0) is 17.9 Å². The van der Waals surface area contributed by atoms with Gasteiger partial charge in [-0.25, -0.2) is 0 Å². The van der Waals surface area contributed by atoms with Gasteiger partial charge in [0.1, 0.15) is 5.69 Å². The van der Waals surface area contributed by atoms with Crippen LogP contribution in [0.5, 0.6) is 0 Å². The molecule has 142 valence electrons. The van der Waals surface area contributed by atoms with Crippen molar-refractivity contribution < 1.29 is 9.59 Å². The number of benzene rings is 1. The summed E-state index contributed by atoms with van der Waals surface area (Å²) in [6.45, 7) is 3.65. The maximum atomic E-state index is 11.9. The molecule has 2 aromatic rings. The van der Waals surface area contributed by atoms with Gasteiger partial charge >= 0.3 is 0 Å². The first-order valence-electron chi connectivity index (χ1n) is 9.07. The van der Waals surface area contributed by atoms with Crippen LogP contribution < -0.4 is 10.6 Å². The fraction of sp³-hybridized carbons (Fsp3) is 0.350. The number of hydrogen-bond acceptors (Lipinski definition) is 4. The van der Waals surface area contributed by atoms with Gasteiger partial charge in [-0.2, -0.15) is 0 Å². The van der Waals surface area contributed by atoms with E-state index >= 15 is 0 Å². The minimum atomic E-state index is -0.432. The molecular weight excluding hydrogens is 364 g/mol. The molecule has 2 amide bonds. The largest absolute Gasteiger partial charge is 0.350 e. The second kappa shape index (κ2) is 9.48. The molecule has 0 unspecified atom stereocenters. The fourth-order valence-electron chi connectivity index (χ4n) is 3.00. The number of aromatic nitrogens is 1. The van der Waals surface area contributed by atoms with Gasteiger partial charge in [0.2, 0.25) is 5.91 Å². The van der Waals surface area contributed by atoms with Crippen LogP contribution in [0.2, 0.25) is 5.02 Å². The van der Waals surface area contributed by atoms with Crippen molar-refractivity contribution in [2.24, 2.45) is 0 Å². The predicted molar refractivity (Wildman–Crippen MR) is 104 cm³/mol. The lowest BCUT2D eigenvalue weighted by Crippen LogP contribution is -2.36. The maximum Gasteiger partial charge on any atom is 0.270 e. The summed E-state index contributed by atoms with van der Waals surface area (Å²) in [7, 11) is 0. The van der Waals surface area contributed by atoms with Crippen molar-refractivity contribution in [2.45, 2.75) is 25.9 Å². The molecule has 1 aliphatic rings. The van der Waals surface area contributed by atoms with Crippen LogP contribution in [0.15, 0.2) is 42.6 Å². The average Bonchev–Trinajstić information content (AvgIpc) is 3.18. The van der Waals surface area contributed by atoms with Gasteiger partial charge in [0.15, 0.2) is 0 Å². The number of nitrogens with zero attached hydrogens (tertiary/aromatic N) is 2. The molecule has 2 heterocycles. The van der Waals surface area contributed by atoms with Crippen LogP contribution >= 0.6 is 11.6 Å². The molecule has 1 saturated heterocycles. The highest BCUT2D eigenvalue weighted by atomic mass is 35.5. The zero-order valence-electron chi connectivity index (χ0n) is 15.1. The Morgan fingerprint density at radius 1 is 1.04 bits per heavy atom. The molecule has 3 rings (SSSR count). The molecule has 7 heteroatoms. The van der Waals surface area contributed by atoms with E-state index in [0.717, 1.165) is 12.1 Å². The van der Waals surface area contributed by atoms with E-state index in [4.69, 9.17) is 11.6 Å². The van der Waals surface area contributed by atoms with Gasteiger partial charge in [-0.15, -0.1) is 0 Å². The number of rotatable bonds is 7. The summed E-state index contributed by atoms with van der Waals surface area (Å²) in [4.78, 5) is 30.3. The number of hydrogen-bond donors (Lipinski definition) is 2. The number of nitrogens with one attached hydrogen (secondary N) is 2. The van der Waals surface area contributed by atoms with Crippen molar-refractivity contribution in [3.8, 4) is 0 Å². The van der Waals surface area contributed by atoms with Crippen molar-refractivity contribution in [3.63, 3.8) is 0 Å². The number of carbonyl (C=O) groups excluding carboxylic acids is 2. The van der Waals surface area contributed by atoms with Crippen molar-refractivity contribution in [1.82, 2.24) is 20.5 Å². The van der Waals surface area contributed by atoms with E-state index in [-0.39, 0.29) is 18.1 Å². The highest BCUT2D eigenvalue weighted by Gasteiger charge is 2.12. The smallest absolute Gasteiger partial charge is 0.270 e. The Balaban J connectivity index is 1.40. The van der Waals surface area contributed by atoms with Crippen LogP contribution in [0.25, 0.3) is 0 Å². The molecule has 27 heavy (non-hydrogen) atoms. The number of amides is 2. The van der Waals surface area contributed by atoms with Gasteiger partial charge in [-0.1, -0.05) is 35.9 Å². The normalized spacial score (nSPS) is 14.1. The van der Waals surface area contributed by atoms with Gasteiger partial charge < -0.3 is 10.6 Å². The third-order valence-electron chi connectivity index (χ3n) is 4.48. The molecule has 0 atom stereocenters. The van der Waals surface area contributed by atoms with Gasteiger partial charge in [0.25, 0.3) is 5.91 Å². The van der Waals surface area contributed by atoms with E-state index in [1.54, 1.807) is 6.07 Å². The molecule has 1 aliphatic heterocycles. The molecule has 1 aromatic carbocycles. The van der Waals surface area contributed by atoms with Gasteiger partial charge in [0.05, 0.1) is 6.54 Å². The molecule has 1 aromatic heterocycles. The second-order valence-electron chi connectivity index (χ2n) is 6.62. The first-order valence-corrected chi connectivity index (χ1v) is 9.44. The molecule has 0 spiro atoms. The lowest BCUT2D eigenvalue weighted by atomic mass is 10.1. The third kappa shape index (κ3) is 6.05. The average molecular weight is 387 g/mol.